The van der Waals surface area contributed by atoms with Gasteiger partial charge in [-0.15, -0.1) is 0 Å². The predicted octanol–water partition coefficient (Wildman–Crippen LogP) is 5.20. The van der Waals surface area contributed by atoms with Crippen molar-refractivity contribution in [1.29, 1.82) is 0 Å². The molecule has 1 saturated carbocycles. The average molecular weight is 486 g/mol. The number of ether oxygens (including phenoxy) is 2. The Balaban J connectivity index is 1.05. The van der Waals surface area contributed by atoms with Crippen molar-refractivity contribution in [1.82, 2.24) is 15.1 Å². The van der Waals surface area contributed by atoms with Gasteiger partial charge in [0.15, 0.2) is 0 Å². The van der Waals surface area contributed by atoms with E-state index in [1.54, 1.807) is 0 Å². The Bertz CT molecular complexity index is 794. The molecular formula is C28H43N3O4. The molecule has 7 heteroatoms. The number of nitrogens with zero attached hydrogens (tertiary/aromatic N) is 2. The number of piperidine rings is 2. The summed E-state index contributed by atoms with van der Waals surface area (Å²) in [5.74, 6) is 0.713. The van der Waals surface area contributed by atoms with Crippen LogP contribution >= 0.6 is 0 Å². The van der Waals surface area contributed by atoms with Crippen molar-refractivity contribution in [3.8, 4) is 0 Å². The molecule has 0 unspecified atom stereocenters. The summed E-state index contributed by atoms with van der Waals surface area (Å²) in [5, 5.41) is 3.05. The van der Waals surface area contributed by atoms with E-state index in [1.165, 1.54) is 19.3 Å². The highest BCUT2D eigenvalue weighted by Crippen LogP contribution is 2.49. The van der Waals surface area contributed by atoms with Crippen LogP contribution in [0, 0.1) is 11.3 Å². The lowest BCUT2D eigenvalue weighted by molar-refractivity contribution is 0.00324. The number of benzene rings is 1. The average Bonchev–Trinajstić information content (AvgIpc) is 2.87. The first-order valence-electron chi connectivity index (χ1n) is 13.7. The molecule has 2 amide bonds. The Kier molecular flexibility index (Phi) is 9.30. The molecule has 0 bridgehead atoms. The van der Waals surface area contributed by atoms with Gasteiger partial charge in [-0.05, 0) is 87.9 Å². The van der Waals surface area contributed by atoms with E-state index in [2.05, 4.69) is 17.1 Å². The highest BCUT2D eigenvalue weighted by atomic mass is 16.6. The van der Waals surface area contributed by atoms with Crippen molar-refractivity contribution in [3.05, 3.63) is 35.9 Å². The van der Waals surface area contributed by atoms with Gasteiger partial charge in [0.1, 0.15) is 6.61 Å². The number of rotatable bonds is 9. The van der Waals surface area contributed by atoms with Crippen LogP contribution in [0.3, 0.4) is 0 Å². The highest BCUT2D eigenvalue weighted by molar-refractivity contribution is 5.68. The van der Waals surface area contributed by atoms with E-state index >= 15 is 0 Å². The second-order valence-electron chi connectivity index (χ2n) is 10.8. The fraction of sp³-hybridized carbons (Fsp3) is 0.714. The molecule has 1 N–H and O–H groups in total. The molecule has 0 aromatic heterocycles. The molecular weight excluding hydrogens is 442 g/mol. The normalized spacial score (nSPS) is 20.9. The highest BCUT2D eigenvalue weighted by Gasteiger charge is 2.46. The van der Waals surface area contributed by atoms with Gasteiger partial charge in [0.25, 0.3) is 0 Å². The number of alkyl carbamates (subject to hydrolysis) is 1. The first-order chi connectivity index (χ1) is 17.0. The van der Waals surface area contributed by atoms with Gasteiger partial charge in [-0.2, -0.15) is 0 Å². The largest absolute Gasteiger partial charge is 0.449 e. The van der Waals surface area contributed by atoms with Gasteiger partial charge >= 0.3 is 12.2 Å². The summed E-state index contributed by atoms with van der Waals surface area (Å²) >= 11 is 0. The van der Waals surface area contributed by atoms with Crippen LogP contribution in [0.15, 0.2) is 30.3 Å². The van der Waals surface area contributed by atoms with E-state index in [9.17, 15) is 9.59 Å². The van der Waals surface area contributed by atoms with Crippen molar-refractivity contribution in [2.75, 3.05) is 39.3 Å². The lowest BCUT2D eigenvalue weighted by Crippen LogP contribution is -2.55. The zero-order valence-corrected chi connectivity index (χ0v) is 21.4. The number of hydrogen-bond acceptors (Lipinski definition) is 5. The summed E-state index contributed by atoms with van der Waals surface area (Å²) in [4.78, 5) is 28.7. The Morgan fingerprint density at radius 1 is 1.03 bits per heavy atom. The van der Waals surface area contributed by atoms with Crippen LogP contribution in [0.4, 0.5) is 9.59 Å². The van der Waals surface area contributed by atoms with E-state index in [0.717, 1.165) is 76.8 Å². The maximum atomic E-state index is 12.1. The van der Waals surface area contributed by atoms with Crippen molar-refractivity contribution >= 4 is 12.2 Å². The number of unbranched alkanes of at least 4 members (excludes halogenated alkanes) is 1. The van der Waals surface area contributed by atoms with Crippen LogP contribution in [0.25, 0.3) is 0 Å². The van der Waals surface area contributed by atoms with Crippen molar-refractivity contribution < 1.29 is 19.1 Å². The molecule has 1 spiro atoms. The molecule has 3 aliphatic rings. The predicted molar refractivity (Wildman–Crippen MR) is 136 cm³/mol. The smallest absolute Gasteiger partial charge is 0.409 e. The molecule has 2 aliphatic heterocycles. The zero-order valence-electron chi connectivity index (χ0n) is 21.4. The van der Waals surface area contributed by atoms with E-state index in [-0.39, 0.29) is 18.2 Å². The number of carbonyl (C=O) groups excluding carboxylic acids is 2. The number of likely N-dealkylation sites (tertiary alicyclic amines) is 2. The second kappa shape index (κ2) is 12.6. The van der Waals surface area contributed by atoms with E-state index in [1.807, 2.05) is 35.2 Å². The van der Waals surface area contributed by atoms with Crippen LogP contribution in [0.2, 0.25) is 0 Å². The van der Waals surface area contributed by atoms with Crippen molar-refractivity contribution in [2.24, 2.45) is 11.3 Å². The maximum absolute atomic E-state index is 12.1. The SMILES string of the molecule is CCCCOC(=O)N1CCC(CCN2CCC3(CC2)CC(NC(=O)OCc2ccccc2)C3)CC1. The van der Waals surface area contributed by atoms with E-state index in [0.29, 0.717) is 24.5 Å². The van der Waals surface area contributed by atoms with Gasteiger partial charge in [0.2, 0.25) is 0 Å². The molecule has 194 valence electrons. The molecule has 1 aliphatic carbocycles. The zero-order chi connectivity index (χ0) is 24.5. The van der Waals surface area contributed by atoms with Gasteiger partial charge in [-0.3, -0.25) is 0 Å². The minimum absolute atomic E-state index is 0.129. The molecule has 0 atom stereocenters. The molecule has 3 fully saturated rings. The minimum Gasteiger partial charge on any atom is -0.449 e. The topological polar surface area (TPSA) is 71.1 Å². The second-order valence-corrected chi connectivity index (χ2v) is 10.8. The summed E-state index contributed by atoms with van der Waals surface area (Å²) in [7, 11) is 0. The van der Waals surface area contributed by atoms with Crippen LogP contribution in [-0.2, 0) is 16.1 Å². The van der Waals surface area contributed by atoms with Crippen molar-refractivity contribution in [3.63, 3.8) is 0 Å². The lowest BCUT2D eigenvalue weighted by Gasteiger charge is -2.52. The van der Waals surface area contributed by atoms with Gasteiger partial charge in [-0.1, -0.05) is 43.7 Å². The first kappa shape index (κ1) is 25.8. The Hall–Kier alpha value is -2.28. The van der Waals surface area contributed by atoms with Crippen LogP contribution in [0.1, 0.15) is 70.3 Å². The van der Waals surface area contributed by atoms with Crippen LogP contribution < -0.4 is 5.32 Å². The summed E-state index contributed by atoms with van der Waals surface area (Å²) in [6.07, 6.45) is 9.58. The monoisotopic (exact) mass is 485 g/mol. The fourth-order valence-corrected chi connectivity index (χ4v) is 5.84. The Labute approximate surface area is 210 Å². The lowest BCUT2D eigenvalue weighted by atomic mass is 9.60. The molecule has 35 heavy (non-hydrogen) atoms. The van der Waals surface area contributed by atoms with Gasteiger partial charge in [-0.25, -0.2) is 9.59 Å². The maximum Gasteiger partial charge on any atom is 0.409 e. The van der Waals surface area contributed by atoms with E-state index < -0.39 is 0 Å². The van der Waals surface area contributed by atoms with Crippen LogP contribution in [0.5, 0.6) is 0 Å². The third kappa shape index (κ3) is 7.60. The minimum atomic E-state index is -0.300. The molecule has 2 heterocycles. The third-order valence-corrected chi connectivity index (χ3v) is 8.26. The van der Waals surface area contributed by atoms with Crippen molar-refractivity contribution in [2.45, 2.75) is 77.4 Å². The van der Waals surface area contributed by atoms with Crippen LogP contribution in [-0.4, -0.2) is 67.4 Å². The fourth-order valence-electron chi connectivity index (χ4n) is 5.84. The van der Waals surface area contributed by atoms with Gasteiger partial charge < -0.3 is 24.6 Å². The quantitative estimate of drug-likeness (QED) is 0.487. The standard InChI is InChI=1S/C28H43N3O4/c1-2-3-19-34-27(33)31-15-10-23(11-16-31)9-14-30-17-12-28(13-18-30)20-25(21-28)29-26(32)35-22-24-7-5-4-6-8-24/h4-8,23,25H,2-3,9-22H2,1H3,(H,29,32). The molecule has 2 saturated heterocycles. The molecule has 1 aromatic rings. The van der Waals surface area contributed by atoms with E-state index in [4.69, 9.17) is 9.47 Å². The summed E-state index contributed by atoms with van der Waals surface area (Å²) < 4.78 is 10.7. The Morgan fingerprint density at radius 2 is 1.74 bits per heavy atom. The summed E-state index contributed by atoms with van der Waals surface area (Å²) in [6.45, 7) is 8.12. The molecule has 4 rings (SSSR count). The van der Waals surface area contributed by atoms with Gasteiger partial charge in [0, 0.05) is 19.1 Å². The number of hydrogen-bond donors (Lipinski definition) is 1. The third-order valence-electron chi connectivity index (χ3n) is 8.26. The summed E-state index contributed by atoms with van der Waals surface area (Å²) in [6, 6.07) is 10.1. The summed E-state index contributed by atoms with van der Waals surface area (Å²) in [5.41, 5.74) is 1.42. The molecule has 0 radical (unpaired) electrons. The first-order valence-corrected chi connectivity index (χ1v) is 13.7. The Morgan fingerprint density at radius 3 is 2.43 bits per heavy atom. The number of carbonyl (C=O) groups is 2. The van der Waals surface area contributed by atoms with Gasteiger partial charge in [0.05, 0.1) is 6.61 Å². The molecule has 7 nitrogen and oxygen atoms in total. The number of nitrogens with one attached hydrogen (secondary N) is 1. The number of amides is 2. The molecule has 1 aromatic carbocycles.